The number of amides is 6. The van der Waals surface area contributed by atoms with Gasteiger partial charge in [-0.2, -0.15) is 10.4 Å². The fraction of sp³-hybridized carbons (Fsp3) is 0.0435. The van der Waals surface area contributed by atoms with E-state index in [1.807, 2.05) is 104 Å². The van der Waals surface area contributed by atoms with E-state index in [-0.39, 0.29) is 52.0 Å². The van der Waals surface area contributed by atoms with Crippen molar-refractivity contribution in [3.05, 3.63) is 235 Å². The maximum absolute atomic E-state index is 11.8. The largest absolute Gasteiger partial charge is 0.364 e. The molecule has 13 rings (SSSR count). The number of anilines is 10. The third-order valence-corrected chi connectivity index (χ3v) is 13.5. The van der Waals surface area contributed by atoms with E-state index in [4.69, 9.17) is 28.2 Å². The number of hydrogen-bond donors (Lipinski definition) is 10. The molecular formula is C69H57N21O6. The summed E-state index contributed by atoms with van der Waals surface area (Å²) < 4.78 is 1.75. The van der Waals surface area contributed by atoms with Crippen LogP contribution in [0, 0.1) is 11.3 Å². The van der Waals surface area contributed by atoms with Crippen LogP contribution in [-0.2, 0) is 16.6 Å². The van der Waals surface area contributed by atoms with Gasteiger partial charge in [0, 0.05) is 66.8 Å². The van der Waals surface area contributed by atoms with Crippen molar-refractivity contribution in [3.8, 4) is 17.3 Å². The van der Waals surface area contributed by atoms with Gasteiger partial charge in [-0.3, -0.25) is 33.4 Å². The van der Waals surface area contributed by atoms with Crippen molar-refractivity contribution in [2.75, 3.05) is 31.9 Å². The van der Waals surface area contributed by atoms with Gasteiger partial charge in [0.25, 0.3) is 23.6 Å². The molecule has 5 heterocycles. The number of carbonyl (C=O) groups excluding carboxylic acids is 6. The summed E-state index contributed by atoms with van der Waals surface area (Å²) >= 11 is 0. The molecule has 27 heteroatoms. The Hall–Kier alpha value is -14.2. The number of aromatic nitrogens is 10. The minimum absolute atomic E-state index is 0.0543. The van der Waals surface area contributed by atoms with Gasteiger partial charge in [0.1, 0.15) is 0 Å². The second-order valence-electron chi connectivity index (χ2n) is 20.8. The normalized spacial score (nSPS) is 10.4. The Labute approximate surface area is 546 Å². The van der Waals surface area contributed by atoms with E-state index in [1.165, 1.54) is 13.8 Å². The van der Waals surface area contributed by atoms with Crippen molar-refractivity contribution < 1.29 is 28.8 Å². The first-order valence-electron chi connectivity index (χ1n) is 29.0. The van der Waals surface area contributed by atoms with Gasteiger partial charge in [-0.25, -0.2) is 39.9 Å². The number of para-hydroxylation sites is 8. The summed E-state index contributed by atoms with van der Waals surface area (Å²) in [6, 6.07) is 61.5. The molecule has 0 radical (unpaired) electrons. The highest BCUT2D eigenvalue weighted by Gasteiger charge is 2.19. The molecule has 0 atom stereocenters. The van der Waals surface area contributed by atoms with Crippen molar-refractivity contribution in [1.82, 2.24) is 49.7 Å². The third-order valence-electron chi connectivity index (χ3n) is 13.5. The lowest BCUT2D eigenvalue weighted by Gasteiger charge is -2.11. The zero-order chi connectivity index (χ0) is 67.8. The lowest BCUT2D eigenvalue weighted by molar-refractivity contribution is -0.115. The van der Waals surface area contributed by atoms with Crippen molar-refractivity contribution in [2.24, 2.45) is 30.0 Å². The summed E-state index contributed by atoms with van der Waals surface area (Å²) in [7, 11) is 1.87. The van der Waals surface area contributed by atoms with Gasteiger partial charge in [0.05, 0.1) is 61.5 Å². The predicted molar refractivity (Wildman–Crippen MR) is 367 cm³/mol. The maximum Gasteiger partial charge on any atom is 0.271 e. The topological polar surface area (TPSA) is 423 Å². The van der Waals surface area contributed by atoms with E-state index in [0.717, 1.165) is 16.9 Å². The summed E-state index contributed by atoms with van der Waals surface area (Å²) in [5.41, 5.74) is 33.5. The van der Waals surface area contributed by atoms with Gasteiger partial charge in [-0.05, 0) is 133 Å². The van der Waals surface area contributed by atoms with Crippen molar-refractivity contribution >= 4 is 137 Å². The van der Waals surface area contributed by atoms with Gasteiger partial charge in [-0.15, -0.1) is 0 Å². The molecule has 0 aliphatic carbocycles. The maximum atomic E-state index is 11.8. The first kappa shape index (κ1) is 64.8. The number of nitrogens with two attached hydrogens (primary N) is 4. The van der Waals surface area contributed by atoms with Gasteiger partial charge in [-0.1, -0.05) is 66.7 Å². The number of nitrogens with one attached hydrogen (secondary N) is 6. The molecule has 8 aromatic carbocycles. The Kier molecular flexibility index (Phi) is 20.0. The van der Waals surface area contributed by atoms with Crippen LogP contribution in [-0.4, -0.2) is 85.1 Å². The van der Waals surface area contributed by atoms with E-state index in [0.29, 0.717) is 84.0 Å². The number of benzene rings is 8. The Bertz CT molecular complexity index is 5160. The summed E-state index contributed by atoms with van der Waals surface area (Å²) in [6.07, 6.45) is 1.88. The summed E-state index contributed by atoms with van der Waals surface area (Å²) in [6.45, 7) is 2.87. The van der Waals surface area contributed by atoms with Crippen LogP contribution in [0.1, 0.15) is 61.4 Å². The highest BCUT2D eigenvalue weighted by Crippen LogP contribution is 2.28. The highest BCUT2D eigenvalue weighted by atomic mass is 16.2. The third kappa shape index (κ3) is 16.6. The molecule has 6 amide bonds. The van der Waals surface area contributed by atoms with Crippen molar-refractivity contribution in [2.45, 2.75) is 13.8 Å². The fourth-order valence-corrected chi connectivity index (χ4v) is 9.25. The molecule has 0 spiro atoms. The van der Waals surface area contributed by atoms with E-state index >= 15 is 0 Å². The second kappa shape index (κ2) is 29.6. The van der Waals surface area contributed by atoms with Crippen molar-refractivity contribution in [3.63, 3.8) is 0 Å². The van der Waals surface area contributed by atoms with Crippen LogP contribution in [0.3, 0.4) is 0 Å². The molecule has 0 unspecified atom stereocenters. The molecule has 0 bridgehead atoms. The number of nitrogens with zero attached hydrogens (tertiary/aromatic N) is 11. The number of nitriles is 1. The average molecular weight is 1280 g/mol. The summed E-state index contributed by atoms with van der Waals surface area (Å²) in [4.78, 5) is 104. The SMILES string of the molecule is CC(=O)Nc1ccc(Nc2nc3ccccc3nc2C(N)=O)cc1.CC(=O)Nc1cccc(Nc2nc3ccccc3nc2C(N)=O)c1.Cn1ccc(-c2cccc(Nc3nc4ccccc4nc3C(N)=O)c2)n1.N#Cc1ccc(Nc2nc3ccccc3nc2C(N)=O)cc1. The lowest BCUT2D eigenvalue weighted by Crippen LogP contribution is -2.16. The lowest BCUT2D eigenvalue weighted by atomic mass is 10.1. The molecule has 0 fully saturated rings. The second-order valence-corrected chi connectivity index (χ2v) is 20.8. The molecule has 0 saturated carbocycles. The Morgan fingerprint density at radius 3 is 1.02 bits per heavy atom. The minimum atomic E-state index is -0.672. The van der Waals surface area contributed by atoms with E-state index in [9.17, 15) is 28.8 Å². The van der Waals surface area contributed by atoms with Gasteiger partial charge < -0.3 is 54.8 Å². The molecule has 0 aliphatic heterocycles. The first-order chi connectivity index (χ1) is 46.3. The Morgan fingerprint density at radius 2 is 0.677 bits per heavy atom. The Balaban J connectivity index is 0.000000139. The zero-order valence-corrected chi connectivity index (χ0v) is 51.3. The molecule has 474 valence electrons. The average Bonchev–Trinajstić information content (AvgIpc) is 0.890. The fourth-order valence-electron chi connectivity index (χ4n) is 9.25. The van der Waals surface area contributed by atoms with Crippen LogP contribution in [0.4, 0.5) is 57.4 Å². The summed E-state index contributed by atoms with van der Waals surface area (Å²) in [5.74, 6) is -1.78. The summed E-state index contributed by atoms with van der Waals surface area (Å²) in [5, 5.41) is 30.8. The molecule has 27 nitrogen and oxygen atoms in total. The number of aryl methyl sites for hydroxylation is 1. The van der Waals surface area contributed by atoms with Crippen LogP contribution in [0.25, 0.3) is 55.4 Å². The molecule has 96 heavy (non-hydrogen) atoms. The van der Waals surface area contributed by atoms with Gasteiger partial charge >= 0.3 is 0 Å². The molecule has 5 aromatic heterocycles. The van der Waals surface area contributed by atoms with Crippen molar-refractivity contribution in [1.29, 1.82) is 5.26 Å². The van der Waals surface area contributed by atoms with E-state index < -0.39 is 23.6 Å². The van der Waals surface area contributed by atoms with E-state index in [2.05, 4.69) is 76.9 Å². The number of primary amides is 4. The van der Waals surface area contributed by atoms with Crippen LogP contribution in [0.5, 0.6) is 0 Å². The molecule has 0 aliphatic rings. The smallest absolute Gasteiger partial charge is 0.271 e. The Morgan fingerprint density at radius 1 is 0.365 bits per heavy atom. The standard InChI is InChI=1S/C19H16N6O.2C17H15N5O2.C16H11N5O/c1-25-10-9-14(24-25)12-5-4-6-13(11-12)21-19-17(18(20)26)22-15-7-2-3-8-16(15)23-19;1-10(23)19-11-5-4-6-12(9-11)20-17-15(16(18)24)21-13-7-2-3-8-14(13)22-17;1-10(23)19-11-6-8-12(9-7-11)20-17-15(16(18)24)21-13-4-2-3-5-14(13)22-17;17-9-10-5-7-11(8-6-10)19-16-14(15(18)22)20-12-3-1-2-4-13(12)21-16/h2-11H,1H3,(H2,20,26)(H,21,23);2*2-9H,1H3,(H2,18,24)(H,19,23)(H,20,22);1-8H,(H2,18,22)(H,19,21). The number of fused-ring (bicyclic) bond motifs is 4. The minimum Gasteiger partial charge on any atom is -0.364 e. The number of carbonyl (C=O) groups is 6. The molecule has 0 saturated heterocycles. The van der Waals surface area contributed by atoms with E-state index in [1.54, 1.807) is 120 Å². The zero-order valence-electron chi connectivity index (χ0n) is 51.3. The monoisotopic (exact) mass is 1280 g/mol. The molecular weight excluding hydrogens is 1220 g/mol. The van der Waals surface area contributed by atoms with Gasteiger partial charge in [0.15, 0.2) is 46.0 Å². The quantitative estimate of drug-likeness (QED) is 0.0456. The molecule has 13 aromatic rings. The molecule has 14 N–H and O–H groups in total. The number of hydrogen-bond acceptors (Lipinski definition) is 20. The van der Waals surface area contributed by atoms with Crippen LogP contribution in [0.15, 0.2) is 206 Å². The van der Waals surface area contributed by atoms with Crippen LogP contribution >= 0.6 is 0 Å². The highest BCUT2D eigenvalue weighted by molar-refractivity contribution is 6.01. The van der Waals surface area contributed by atoms with Gasteiger partial charge in [0.2, 0.25) is 11.8 Å². The predicted octanol–water partition coefficient (Wildman–Crippen LogP) is 10.1. The van der Waals surface area contributed by atoms with Crippen LogP contribution in [0.2, 0.25) is 0 Å². The first-order valence-corrected chi connectivity index (χ1v) is 29.0. The van der Waals surface area contributed by atoms with Crippen LogP contribution < -0.4 is 54.8 Å². The number of rotatable bonds is 15.